The number of aliphatic imine (C=N–C) groups is 1. The molecular weight excluding hydrogens is 274 g/mol. The van der Waals surface area contributed by atoms with Crippen LogP contribution in [0.2, 0.25) is 0 Å². The molecule has 0 spiro atoms. The van der Waals surface area contributed by atoms with E-state index in [4.69, 9.17) is 5.73 Å². The summed E-state index contributed by atoms with van der Waals surface area (Å²) in [5, 5.41) is 7.67. The summed E-state index contributed by atoms with van der Waals surface area (Å²) in [6, 6.07) is 10.5. The van der Waals surface area contributed by atoms with Gasteiger partial charge in [-0.2, -0.15) is 5.10 Å². The fourth-order valence-electron chi connectivity index (χ4n) is 2.26. The standard InChI is InChI=1S/C17H25N5/c1-13(2)20-17(18)19-11-7-8-15-12-22(21-14(15)3)16-9-5-4-6-10-16/h4-6,9-10,12-13H,7-8,11H2,1-3H3,(H3,18,19,20). The number of nitrogens with zero attached hydrogens (tertiary/aromatic N) is 3. The van der Waals surface area contributed by atoms with Crippen LogP contribution in [-0.2, 0) is 6.42 Å². The smallest absolute Gasteiger partial charge is 0.188 e. The van der Waals surface area contributed by atoms with E-state index in [1.165, 1.54) is 5.56 Å². The first kappa shape index (κ1) is 16.1. The Morgan fingerprint density at radius 2 is 2.05 bits per heavy atom. The summed E-state index contributed by atoms with van der Waals surface area (Å²) in [7, 11) is 0. The second kappa shape index (κ2) is 7.64. The average molecular weight is 299 g/mol. The maximum atomic E-state index is 5.79. The highest BCUT2D eigenvalue weighted by Gasteiger charge is 2.06. The van der Waals surface area contributed by atoms with Gasteiger partial charge in [-0.15, -0.1) is 0 Å². The molecule has 0 saturated carbocycles. The number of nitrogens with two attached hydrogens (primary N) is 1. The number of guanidine groups is 1. The minimum absolute atomic E-state index is 0.315. The molecule has 1 aromatic heterocycles. The van der Waals surface area contributed by atoms with Crippen molar-refractivity contribution in [1.82, 2.24) is 15.1 Å². The predicted molar refractivity (Wildman–Crippen MR) is 91.4 cm³/mol. The van der Waals surface area contributed by atoms with Crippen LogP contribution in [0.3, 0.4) is 0 Å². The normalized spacial score (nSPS) is 11.9. The van der Waals surface area contributed by atoms with Crippen LogP contribution < -0.4 is 11.1 Å². The monoisotopic (exact) mass is 299 g/mol. The summed E-state index contributed by atoms with van der Waals surface area (Å²) >= 11 is 0. The Hall–Kier alpha value is -2.30. The van der Waals surface area contributed by atoms with Gasteiger partial charge >= 0.3 is 0 Å². The number of hydrogen-bond donors (Lipinski definition) is 2. The van der Waals surface area contributed by atoms with Gasteiger partial charge in [-0.3, -0.25) is 4.99 Å². The van der Waals surface area contributed by atoms with E-state index in [-0.39, 0.29) is 0 Å². The third-order valence-corrected chi connectivity index (χ3v) is 3.34. The minimum atomic E-state index is 0.315. The first-order chi connectivity index (χ1) is 10.6. The molecule has 0 radical (unpaired) electrons. The Morgan fingerprint density at radius 1 is 1.32 bits per heavy atom. The van der Waals surface area contributed by atoms with Gasteiger partial charge in [0.2, 0.25) is 0 Å². The molecule has 22 heavy (non-hydrogen) atoms. The van der Waals surface area contributed by atoms with Crippen LogP contribution in [0.5, 0.6) is 0 Å². The van der Waals surface area contributed by atoms with Gasteiger partial charge in [-0.05, 0) is 51.3 Å². The van der Waals surface area contributed by atoms with Crippen LogP contribution >= 0.6 is 0 Å². The van der Waals surface area contributed by atoms with Crippen LogP contribution in [0.15, 0.2) is 41.5 Å². The van der Waals surface area contributed by atoms with Gasteiger partial charge in [-0.25, -0.2) is 4.68 Å². The number of para-hydroxylation sites is 1. The molecule has 5 nitrogen and oxygen atoms in total. The molecule has 118 valence electrons. The highest BCUT2D eigenvalue weighted by molar-refractivity contribution is 5.78. The van der Waals surface area contributed by atoms with Gasteiger partial charge in [0, 0.05) is 18.8 Å². The van der Waals surface area contributed by atoms with Crippen molar-refractivity contribution in [2.45, 2.75) is 39.7 Å². The maximum absolute atomic E-state index is 5.79. The van der Waals surface area contributed by atoms with E-state index < -0.39 is 0 Å². The number of aromatic nitrogens is 2. The second-order valence-electron chi connectivity index (χ2n) is 5.69. The summed E-state index contributed by atoms with van der Waals surface area (Å²) in [4.78, 5) is 4.33. The van der Waals surface area contributed by atoms with Crippen LogP contribution in [-0.4, -0.2) is 28.3 Å². The zero-order valence-electron chi connectivity index (χ0n) is 13.6. The van der Waals surface area contributed by atoms with Crippen LogP contribution in [0, 0.1) is 6.92 Å². The van der Waals surface area contributed by atoms with Crippen LogP contribution in [0.25, 0.3) is 5.69 Å². The molecule has 1 aromatic carbocycles. The summed E-state index contributed by atoms with van der Waals surface area (Å²) < 4.78 is 1.93. The third-order valence-electron chi connectivity index (χ3n) is 3.34. The van der Waals surface area contributed by atoms with Crippen molar-refractivity contribution in [2.24, 2.45) is 10.7 Å². The van der Waals surface area contributed by atoms with E-state index in [1.807, 2.05) is 43.7 Å². The fraction of sp³-hybridized carbons (Fsp3) is 0.412. The summed E-state index contributed by atoms with van der Waals surface area (Å²) in [5.41, 5.74) is 9.20. The molecule has 0 unspecified atom stereocenters. The lowest BCUT2D eigenvalue weighted by Gasteiger charge is -2.08. The Balaban J connectivity index is 1.90. The fourth-order valence-corrected chi connectivity index (χ4v) is 2.26. The number of rotatable bonds is 6. The van der Waals surface area contributed by atoms with Crippen molar-refractivity contribution < 1.29 is 0 Å². The van der Waals surface area contributed by atoms with E-state index >= 15 is 0 Å². The number of nitrogens with one attached hydrogen (secondary N) is 1. The molecule has 3 N–H and O–H groups in total. The van der Waals surface area contributed by atoms with Gasteiger partial charge in [0.25, 0.3) is 0 Å². The first-order valence-corrected chi connectivity index (χ1v) is 7.73. The topological polar surface area (TPSA) is 68.2 Å². The molecule has 0 amide bonds. The number of aryl methyl sites for hydroxylation is 2. The Kier molecular flexibility index (Phi) is 5.58. The summed E-state index contributed by atoms with van der Waals surface area (Å²) in [6.45, 7) is 6.86. The Bertz CT molecular complexity index is 613. The third kappa shape index (κ3) is 4.62. The molecule has 2 rings (SSSR count). The lowest BCUT2D eigenvalue weighted by Crippen LogP contribution is -2.36. The van der Waals surface area contributed by atoms with Gasteiger partial charge in [-0.1, -0.05) is 18.2 Å². The van der Waals surface area contributed by atoms with Crippen molar-refractivity contribution in [3.63, 3.8) is 0 Å². The molecule has 0 aliphatic rings. The quantitative estimate of drug-likeness (QED) is 0.489. The summed E-state index contributed by atoms with van der Waals surface area (Å²) in [5.74, 6) is 0.520. The molecule has 2 aromatic rings. The lowest BCUT2D eigenvalue weighted by molar-refractivity contribution is 0.719. The highest BCUT2D eigenvalue weighted by Crippen LogP contribution is 2.13. The molecule has 0 aliphatic carbocycles. The first-order valence-electron chi connectivity index (χ1n) is 7.73. The second-order valence-corrected chi connectivity index (χ2v) is 5.69. The van der Waals surface area contributed by atoms with E-state index in [0.717, 1.165) is 30.8 Å². The molecule has 0 aliphatic heterocycles. The SMILES string of the molecule is Cc1nn(-c2ccccc2)cc1CCCN=C(N)NC(C)C. The van der Waals surface area contributed by atoms with E-state index in [0.29, 0.717) is 12.0 Å². The molecule has 5 heteroatoms. The summed E-state index contributed by atoms with van der Waals surface area (Å²) in [6.07, 6.45) is 4.02. The Labute approximate surface area is 132 Å². The zero-order chi connectivity index (χ0) is 15.9. The Morgan fingerprint density at radius 3 is 2.73 bits per heavy atom. The van der Waals surface area contributed by atoms with Crippen LogP contribution in [0.1, 0.15) is 31.5 Å². The molecule has 0 atom stereocenters. The van der Waals surface area contributed by atoms with E-state index in [1.54, 1.807) is 0 Å². The number of benzene rings is 1. The minimum Gasteiger partial charge on any atom is -0.370 e. The highest BCUT2D eigenvalue weighted by atomic mass is 15.3. The van der Waals surface area contributed by atoms with Crippen molar-refractivity contribution in [1.29, 1.82) is 0 Å². The van der Waals surface area contributed by atoms with Crippen molar-refractivity contribution in [3.8, 4) is 5.69 Å². The van der Waals surface area contributed by atoms with E-state index in [2.05, 4.69) is 33.7 Å². The van der Waals surface area contributed by atoms with Crippen molar-refractivity contribution in [3.05, 3.63) is 47.8 Å². The largest absolute Gasteiger partial charge is 0.370 e. The lowest BCUT2D eigenvalue weighted by atomic mass is 10.1. The van der Waals surface area contributed by atoms with E-state index in [9.17, 15) is 0 Å². The molecule has 0 saturated heterocycles. The van der Waals surface area contributed by atoms with Crippen molar-refractivity contribution in [2.75, 3.05) is 6.54 Å². The van der Waals surface area contributed by atoms with Gasteiger partial charge in [0.1, 0.15) is 0 Å². The van der Waals surface area contributed by atoms with Gasteiger partial charge in [0.05, 0.1) is 11.4 Å². The van der Waals surface area contributed by atoms with Gasteiger partial charge in [0.15, 0.2) is 5.96 Å². The predicted octanol–water partition coefficient (Wildman–Crippen LogP) is 2.43. The number of hydrogen-bond acceptors (Lipinski definition) is 2. The molecule has 1 heterocycles. The van der Waals surface area contributed by atoms with Gasteiger partial charge < -0.3 is 11.1 Å². The van der Waals surface area contributed by atoms with Crippen LogP contribution in [0.4, 0.5) is 0 Å². The maximum Gasteiger partial charge on any atom is 0.188 e. The molecular formula is C17H25N5. The molecule has 0 bridgehead atoms. The average Bonchev–Trinajstić information content (AvgIpc) is 2.85. The molecule has 0 fully saturated rings. The van der Waals surface area contributed by atoms with Crippen molar-refractivity contribution >= 4 is 5.96 Å². The zero-order valence-corrected chi connectivity index (χ0v) is 13.6.